The van der Waals surface area contributed by atoms with Crippen LogP contribution in [0, 0.1) is 5.41 Å². The summed E-state index contributed by atoms with van der Waals surface area (Å²) in [7, 11) is 0. The van der Waals surface area contributed by atoms with E-state index >= 15 is 0 Å². The molecule has 0 aromatic rings. The number of hydrogen-bond acceptors (Lipinski definition) is 4. The Kier molecular flexibility index (Phi) is 7.83. The summed E-state index contributed by atoms with van der Waals surface area (Å²) in [5.41, 5.74) is -0.474. The van der Waals surface area contributed by atoms with Gasteiger partial charge in [-0.15, -0.1) is 0 Å². The molecule has 0 aliphatic carbocycles. The first kappa shape index (κ1) is 18.4. The van der Waals surface area contributed by atoms with E-state index in [1.54, 1.807) is 20.8 Å². The van der Waals surface area contributed by atoms with Crippen LogP contribution in [0.2, 0.25) is 0 Å². The zero-order valence-electron chi connectivity index (χ0n) is 12.2. The number of aliphatic hydroxyl groups is 1. The lowest BCUT2D eigenvalue weighted by Gasteiger charge is -2.17. The van der Waals surface area contributed by atoms with Crippen molar-refractivity contribution in [3.8, 4) is 0 Å². The number of carboxylic acids is 1. The Hall–Kier alpha value is -1.63. The number of carbonyl (C=O) groups is 3. The molecule has 0 fully saturated rings. The summed E-state index contributed by atoms with van der Waals surface area (Å²) in [6, 6.07) is -1.07. The van der Waals surface area contributed by atoms with Crippen LogP contribution in [0.4, 0.5) is 0 Å². The fourth-order valence-corrected chi connectivity index (χ4v) is 1.37. The minimum Gasteiger partial charge on any atom is -0.480 e. The van der Waals surface area contributed by atoms with Gasteiger partial charge in [-0.1, -0.05) is 20.8 Å². The van der Waals surface area contributed by atoms with Gasteiger partial charge in [-0.05, 0) is 6.42 Å². The molecule has 0 aromatic heterocycles. The fourth-order valence-electron chi connectivity index (χ4n) is 1.37. The van der Waals surface area contributed by atoms with Crippen LogP contribution in [-0.2, 0) is 14.4 Å². The highest BCUT2D eigenvalue weighted by molar-refractivity contribution is 5.83. The summed E-state index contributed by atoms with van der Waals surface area (Å²) in [5, 5.41) is 22.5. The third-order valence-electron chi connectivity index (χ3n) is 2.60. The molecule has 1 unspecified atom stereocenters. The molecule has 0 heterocycles. The molecule has 0 aromatic carbocycles. The number of nitrogens with one attached hydrogen (secondary N) is 2. The van der Waals surface area contributed by atoms with E-state index in [1.165, 1.54) is 0 Å². The maximum absolute atomic E-state index is 11.5. The fraction of sp³-hybridized carbons (Fsp3) is 0.769. The van der Waals surface area contributed by atoms with Crippen LogP contribution < -0.4 is 10.6 Å². The standard InChI is InChI=1S/C13H24N2O5/c1-13(2,3)12(20)14-7-4-5-10(17)15-9(6-8-16)11(18)19/h9,16H,4-8H2,1-3H3,(H,14,20)(H,15,17)(H,18,19). The van der Waals surface area contributed by atoms with Crippen molar-refractivity contribution >= 4 is 17.8 Å². The van der Waals surface area contributed by atoms with Gasteiger partial charge in [-0.2, -0.15) is 0 Å². The predicted octanol–water partition coefficient (Wildman–Crippen LogP) is -0.119. The Bertz CT molecular complexity index is 349. The average molecular weight is 288 g/mol. The molecule has 0 saturated carbocycles. The number of carbonyl (C=O) groups excluding carboxylic acids is 2. The Labute approximate surface area is 118 Å². The quantitative estimate of drug-likeness (QED) is 0.465. The Morgan fingerprint density at radius 2 is 1.80 bits per heavy atom. The minimum atomic E-state index is -1.17. The maximum atomic E-state index is 11.5. The molecular weight excluding hydrogens is 264 g/mol. The van der Waals surface area contributed by atoms with Crippen molar-refractivity contribution in [3.05, 3.63) is 0 Å². The predicted molar refractivity (Wildman–Crippen MR) is 73.0 cm³/mol. The number of carboxylic acid groups (broad SMARTS) is 1. The first-order valence-electron chi connectivity index (χ1n) is 6.59. The van der Waals surface area contributed by atoms with E-state index in [0.717, 1.165) is 0 Å². The van der Waals surface area contributed by atoms with Crippen LogP contribution in [0.25, 0.3) is 0 Å². The first-order chi connectivity index (χ1) is 9.18. The van der Waals surface area contributed by atoms with E-state index < -0.39 is 23.3 Å². The van der Waals surface area contributed by atoms with Crippen molar-refractivity contribution in [2.75, 3.05) is 13.2 Å². The van der Waals surface area contributed by atoms with Gasteiger partial charge in [0.25, 0.3) is 0 Å². The molecule has 4 N–H and O–H groups in total. The van der Waals surface area contributed by atoms with Crippen LogP contribution in [-0.4, -0.2) is 47.2 Å². The molecule has 0 saturated heterocycles. The van der Waals surface area contributed by atoms with Gasteiger partial charge < -0.3 is 20.8 Å². The van der Waals surface area contributed by atoms with Crippen LogP contribution in [0.15, 0.2) is 0 Å². The number of aliphatic carboxylic acids is 1. The number of amides is 2. The van der Waals surface area contributed by atoms with Gasteiger partial charge in [0.05, 0.1) is 0 Å². The highest BCUT2D eigenvalue weighted by Crippen LogP contribution is 2.12. The molecule has 0 aliphatic rings. The second kappa shape index (κ2) is 8.52. The number of rotatable bonds is 8. The lowest BCUT2D eigenvalue weighted by Crippen LogP contribution is -2.41. The van der Waals surface area contributed by atoms with Crippen molar-refractivity contribution in [3.63, 3.8) is 0 Å². The maximum Gasteiger partial charge on any atom is 0.326 e. The molecule has 20 heavy (non-hydrogen) atoms. The summed E-state index contributed by atoms with van der Waals surface area (Å²) in [4.78, 5) is 33.8. The molecule has 1 atom stereocenters. The van der Waals surface area contributed by atoms with Crippen molar-refractivity contribution < 1.29 is 24.6 Å². The van der Waals surface area contributed by atoms with Crippen LogP contribution in [0.3, 0.4) is 0 Å². The van der Waals surface area contributed by atoms with E-state index in [1.807, 2.05) is 0 Å². The van der Waals surface area contributed by atoms with Crippen molar-refractivity contribution in [2.45, 2.75) is 46.1 Å². The van der Waals surface area contributed by atoms with Crippen LogP contribution >= 0.6 is 0 Å². The topological polar surface area (TPSA) is 116 Å². The van der Waals surface area contributed by atoms with Gasteiger partial charge in [0, 0.05) is 31.4 Å². The summed E-state index contributed by atoms with van der Waals surface area (Å²) in [6.45, 7) is 5.43. The van der Waals surface area contributed by atoms with Crippen LogP contribution in [0.1, 0.15) is 40.0 Å². The van der Waals surface area contributed by atoms with Gasteiger partial charge in [-0.25, -0.2) is 4.79 Å². The number of aliphatic hydroxyl groups excluding tert-OH is 1. The van der Waals surface area contributed by atoms with E-state index in [-0.39, 0.29) is 25.4 Å². The zero-order chi connectivity index (χ0) is 15.8. The zero-order valence-corrected chi connectivity index (χ0v) is 12.2. The first-order valence-corrected chi connectivity index (χ1v) is 6.59. The van der Waals surface area contributed by atoms with Gasteiger partial charge in [0.2, 0.25) is 11.8 Å². The lowest BCUT2D eigenvalue weighted by atomic mass is 9.96. The minimum absolute atomic E-state index is 0.0260. The number of hydrogen-bond donors (Lipinski definition) is 4. The molecule has 0 spiro atoms. The molecule has 7 nitrogen and oxygen atoms in total. The molecule has 0 radical (unpaired) electrons. The van der Waals surface area contributed by atoms with E-state index in [9.17, 15) is 14.4 Å². The smallest absolute Gasteiger partial charge is 0.326 e. The van der Waals surface area contributed by atoms with E-state index in [0.29, 0.717) is 13.0 Å². The lowest BCUT2D eigenvalue weighted by molar-refractivity contribution is -0.142. The molecule has 0 aliphatic heterocycles. The Morgan fingerprint density at radius 1 is 1.20 bits per heavy atom. The third kappa shape index (κ3) is 7.73. The summed E-state index contributed by atoms with van der Waals surface area (Å²) in [5.74, 6) is -1.68. The normalized spacial score (nSPS) is 12.6. The average Bonchev–Trinajstić information content (AvgIpc) is 2.32. The highest BCUT2D eigenvalue weighted by Gasteiger charge is 2.21. The molecule has 0 bridgehead atoms. The van der Waals surface area contributed by atoms with Crippen molar-refractivity contribution in [2.24, 2.45) is 5.41 Å². The SMILES string of the molecule is CC(C)(C)C(=O)NCCCC(=O)NC(CCO)C(=O)O. The monoisotopic (exact) mass is 288 g/mol. The molecule has 7 heteroatoms. The van der Waals surface area contributed by atoms with Gasteiger partial charge in [0.1, 0.15) is 6.04 Å². The van der Waals surface area contributed by atoms with Crippen molar-refractivity contribution in [1.82, 2.24) is 10.6 Å². The second-order valence-electron chi connectivity index (χ2n) is 5.58. The van der Waals surface area contributed by atoms with Gasteiger partial charge >= 0.3 is 5.97 Å². The van der Waals surface area contributed by atoms with E-state index in [4.69, 9.17) is 10.2 Å². The largest absolute Gasteiger partial charge is 0.480 e. The summed E-state index contributed by atoms with van der Waals surface area (Å²) in [6.07, 6.45) is 0.528. The second-order valence-corrected chi connectivity index (χ2v) is 5.58. The Morgan fingerprint density at radius 3 is 2.25 bits per heavy atom. The summed E-state index contributed by atoms with van der Waals surface area (Å²) >= 11 is 0. The summed E-state index contributed by atoms with van der Waals surface area (Å²) < 4.78 is 0. The highest BCUT2D eigenvalue weighted by atomic mass is 16.4. The van der Waals surface area contributed by atoms with Gasteiger partial charge in [-0.3, -0.25) is 9.59 Å². The third-order valence-corrected chi connectivity index (χ3v) is 2.60. The van der Waals surface area contributed by atoms with Crippen molar-refractivity contribution in [1.29, 1.82) is 0 Å². The van der Waals surface area contributed by atoms with E-state index in [2.05, 4.69) is 10.6 Å². The molecule has 116 valence electrons. The Balaban J connectivity index is 3.94. The molecular formula is C13H24N2O5. The van der Waals surface area contributed by atoms with Gasteiger partial charge in [0.15, 0.2) is 0 Å². The molecule has 2 amide bonds. The van der Waals surface area contributed by atoms with Crippen LogP contribution in [0.5, 0.6) is 0 Å². The molecule has 0 rings (SSSR count).